The van der Waals surface area contributed by atoms with Gasteiger partial charge in [-0.25, -0.2) is 0 Å². The Morgan fingerprint density at radius 3 is 2.23 bits per heavy atom. The van der Waals surface area contributed by atoms with E-state index in [1.54, 1.807) is 0 Å². The average Bonchev–Trinajstić information content (AvgIpc) is 4.33. The lowest BCUT2D eigenvalue weighted by molar-refractivity contribution is 0.354. The Balaban J connectivity index is 0.839. The monoisotopic (exact) mass is 1010 g/mol. The zero-order valence-electron chi connectivity index (χ0n) is 44.6. The molecule has 2 aromatic heterocycles. The molecule has 0 fully saturated rings. The van der Waals surface area contributed by atoms with Gasteiger partial charge in [0.2, 0.25) is 0 Å². The Hall–Kier alpha value is -9.18. The third kappa shape index (κ3) is 9.69. The van der Waals surface area contributed by atoms with Crippen LogP contribution in [0, 0.1) is 17.3 Å². The van der Waals surface area contributed by atoms with E-state index in [1.807, 2.05) is 24.3 Å². The molecule has 0 saturated heterocycles. The Morgan fingerprint density at radius 1 is 0.718 bits per heavy atom. The molecule has 8 aromatic rings. The van der Waals surface area contributed by atoms with Crippen LogP contribution in [0.25, 0.3) is 66.2 Å². The SMILES string of the molecule is C=C/C(=C\C=C\N(C(=C)/C=C\C1=CC(C)(C)C2CC(c3ccc4c(c3)c3cc(C5=CCC(c6cccc7c6oc6ccccc67)C=C5)ccc3n4-c3ccccc3)=CC=C12)/C(C=C)=C/C=C/C1C=CC=CC1)c1ccccc1. The maximum Gasteiger partial charge on any atom is 0.139 e. The molecule has 0 amide bonds. The first kappa shape index (κ1) is 49.7. The van der Waals surface area contributed by atoms with Crippen LogP contribution in [-0.4, -0.2) is 9.47 Å². The van der Waals surface area contributed by atoms with Crippen molar-refractivity contribution in [1.29, 1.82) is 0 Å². The van der Waals surface area contributed by atoms with E-state index in [-0.39, 0.29) is 11.3 Å². The number of para-hydroxylation sites is 3. The molecule has 0 saturated carbocycles. The molecule has 0 N–H and O–H groups in total. The minimum absolute atomic E-state index is 0.0594. The number of hydrogen-bond acceptors (Lipinski definition) is 2. The Morgan fingerprint density at radius 2 is 1.47 bits per heavy atom. The predicted octanol–water partition coefficient (Wildman–Crippen LogP) is 20.0. The molecule has 12 rings (SSSR count). The lowest BCUT2D eigenvalue weighted by Gasteiger charge is -2.31. The van der Waals surface area contributed by atoms with Gasteiger partial charge in [0.15, 0.2) is 0 Å². The van der Waals surface area contributed by atoms with Crippen LogP contribution in [0.3, 0.4) is 0 Å². The number of nitrogens with zero attached hydrogens (tertiary/aromatic N) is 2. The second-order valence-electron chi connectivity index (χ2n) is 21.4. The fraction of sp³-hybridized carbons (Fsp3) is 0.120. The zero-order valence-corrected chi connectivity index (χ0v) is 44.6. The molecule has 4 aliphatic rings. The Labute approximate surface area is 459 Å². The predicted molar refractivity (Wildman–Crippen MR) is 333 cm³/mol. The van der Waals surface area contributed by atoms with Gasteiger partial charge in [-0.05, 0) is 148 Å². The number of hydrogen-bond donors (Lipinski definition) is 0. The van der Waals surface area contributed by atoms with Crippen LogP contribution < -0.4 is 0 Å². The number of furan rings is 1. The highest BCUT2D eigenvalue weighted by Crippen LogP contribution is 2.52. The van der Waals surface area contributed by atoms with E-state index < -0.39 is 0 Å². The Bertz CT molecular complexity index is 4080. The number of aromatic nitrogens is 1. The van der Waals surface area contributed by atoms with Crippen molar-refractivity contribution in [3.63, 3.8) is 0 Å². The lowest BCUT2D eigenvalue weighted by atomic mass is 9.73. The summed E-state index contributed by atoms with van der Waals surface area (Å²) < 4.78 is 8.88. The quantitative estimate of drug-likeness (QED) is 0.0955. The van der Waals surface area contributed by atoms with Crippen LogP contribution in [0.1, 0.15) is 61.3 Å². The molecule has 4 aliphatic carbocycles. The van der Waals surface area contributed by atoms with E-state index in [0.717, 1.165) is 58.6 Å². The van der Waals surface area contributed by atoms with Crippen molar-refractivity contribution < 1.29 is 4.42 Å². The Kier molecular flexibility index (Phi) is 13.7. The van der Waals surface area contributed by atoms with Crippen molar-refractivity contribution in [2.45, 2.75) is 39.0 Å². The fourth-order valence-electron chi connectivity index (χ4n) is 12.0. The second kappa shape index (κ2) is 21.4. The summed E-state index contributed by atoms with van der Waals surface area (Å²) in [4.78, 5) is 2.11. The van der Waals surface area contributed by atoms with Gasteiger partial charge >= 0.3 is 0 Å². The minimum atomic E-state index is -0.0594. The minimum Gasteiger partial charge on any atom is -0.456 e. The molecule has 3 heteroatoms. The van der Waals surface area contributed by atoms with E-state index in [0.29, 0.717) is 11.8 Å². The molecule has 0 spiro atoms. The third-order valence-corrected chi connectivity index (χ3v) is 16.2. The van der Waals surface area contributed by atoms with Crippen LogP contribution in [0.2, 0.25) is 0 Å². The van der Waals surface area contributed by atoms with E-state index in [4.69, 9.17) is 4.42 Å². The molecular formula is C75H64N2O. The van der Waals surface area contributed by atoms with Gasteiger partial charge in [-0.1, -0.05) is 222 Å². The summed E-state index contributed by atoms with van der Waals surface area (Å²) >= 11 is 0. The standard InChI is InChI=1S/C75H64N2O/c1-6-54(55-25-13-9-14-26-55)27-21-47-76(62(7-2)30-19-24-53-22-11-8-12-23-53)52(3)35-36-61-51-75(4,5)70-50-60(41-44-64(61)70)59-43-46-72-69(49-59)68-48-58(42-45-71(68)77(72)63-28-15-10-16-29-63)56-37-39-57(40-38-56)65-32-20-33-67-66-31-17-18-34-73(66)78-74(65)67/h6-22,24-39,41-49,51,53,57,70H,1-3,23,40,50H2,4-5H3/b24-19+,36-35-,47-21+,54-27+,62-30+. The maximum atomic E-state index is 6.46. The first-order valence-corrected chi connectivity index (χ1v) is 27.4. The lowest BCUT2D eigenvalue weighted by Crippen LogP contribution is -2.20. The van der Waals surface area contributed by atoms with Crippen molar-refractivity contribution in [3.05, 3.63) is 326 Å². The van der Waals surface area contributed by atoms with Gasteiger partial charge in [-0.15, -0.1) is 0 Å². The van der Waals surface area contributed by atoms with Crippen molar-refractivity contribution in [2.24, 2.45) is 17.3 Å². The van der Waals surface area contributed by atoms with Gasteiger partial charge in [0.05, 0.1) is 11.0 Å². The third-order valence-electron chi connectivity index (χ3n) is 16.2. The number of benzene rings is 6. The molecule has 380 valence electrons. The zero-order chi connectivity index (χ0) is 53.2. The van der Waals surface area contributed by atoms with Crippen molar-refractivity contribution in [1.82, 2.24) is 9.47 Å². The summed E-state index contributed by atoms with van der Waals surface area (Å²) in [5.74, 6) is 0.921. The smallest absolute Gasteiger partial charge is 0.139 e. The summed E-state index contributed by atoms with van der Waals surface area (Å²) in [5.41, 5.74) is 18.3. The molecule has 0 bridgehead atoms. The molecule has 3 nitrogen and oxygen atoms in total. The van der Waals surface area contributed by atoms with Gasteiger partial charge in [0, 0.05) is 56.3 Å². The molecule has 3 unspecified atom stereocenters. The highest BCUT2D eigenvalue weighted by atomic mass is 16.3. The number of rotatable bonds is 15. The van der Waals surface area contributed by atoms with E-state index in [2.05, 4.69) is 280 Å². The van der Waals surface area contributed by atoms with Crippen LogP contribution in [-0.2, 0) is 0 Å². The average molecular weight is 1010 g/mol. The number of fused-ring (bicyclic) bond motifs is 7. The highest BCUT2D eigenvalue weighted by molar-refractivity contribution is 6.11. The molecule has 0 aliphatic heterocycles. The topological polar surface area (TPSA) is 21.3 Å². The van der Waals surface area contributed by atoms with Gasteiger partial charge in [0.25, 0.3) is 0 Å². The first-order chi connectivity index (χ1) is 38.2. The molecule has 2 heterocycles. The van der Waals surface area contributed by atoms with Crippen molar-refractivity contribution in [3.8, 4) is 5.69 Å². The van der Waals surface area contributed by atoms with Crippen LogP contribution >= 0.6 is 0 Å². The second-order valence-corrected chi connectivity index (χ2v) is 21.4. The maximum absolute atomic E-state index is 6.46. The normalized spacial score (nSPS) is 19.3. The molecule has 0 radical (unpaired) electrons. The number of allylic oxidation sites excluding steroid dienone is 24. The largest absolute Gasteiger partial charge is 0.456 e. The van der Waals surface area contributed by atoms with Gasteiger partial charge in [-0.2, -0.15) is 0 Å². The fourth-order valence-corrected chi connectivity index (χ4v) is 12.0. The molecule has 3 atom stereocenters. The molecule has 6 aromatic carbocycles. The summed E-state index contributed by atoms with van der Waals surface area (Å²) in [7, 11) is 0. The molecular weight excluding hydrogens is 945 g/mol. The highest BCUT2D eigenvalue weighted by Gasteiger charge is 2.39. The van der Waals surface area contributed by atoms with Crippen molar-refractivity contribution >= 4 is 60.5 Å². The van der Waals surface area contributed by atoms with Gasteiger partial charge in [0.1, 0.15) is 11.2 Å². The summed E-state index contributed by atoms with van der Waals surface area (Å²) in [6.45, 7) is 17.7. The first-order valence-electron chi connectivity index (χ1n) is 27.4. The summed E-state index contributed by atoms with van der Waals surface area (Å²) in [5, 5.41) is 4.85. The van der Waals surface area contributed by atoms with Gasteiger partial charge in [-0.3, -0.25) is 0 Å². The molecule has 78 heavy (non-hydrogen) atoms. The van der Waals surface area contributed by atoms with E-state index in [1.165, 1.54) is 71.6 Å². The van der Waals surface area contributed by atoms with E-state index in [9.17, 15) is 0 Å². The summed E-state index contributed by atoms with van der Waals surface area (Å²) in [6, 6.07) is 50.2. The summed E-state index contributed by atoms with van der Waals surface area (Å²) in [6.07, 6.45) is 46.7. The van der Waals surface area contributed by atoms with Crippen LogP contribution in [0.4, 0.5) is 0 Å². The van der Waals surface area contributed by atoms with Crippen LogP contribution in [0.15, 0.2) is 308 Å². The van der Waals surface area contributed by atoms with Gasteiger partial charge < -0.3 is 13.9 Å². The van der Waals surface area contributed by atoms with Crippen molar-refractivity contribution in [2.75, 3.05) is 0 Å². The van der Waals surface area contributed by atoms with E-state index >= 15 is 0 Å². The van der Waals surface area contributed by atoms with Crippen LogP contribution in [0.5, 0.6) is 0 Å².